The first-order valence-electron chi connectivity index (χ1n) is 21.1. The molecule has 1 heterocycles. The third kappa shape index (κ3) is 5.81. The third-order valence-corrected chi connectivity index (χ3v) is 14.8. The molecule has 57 heavy (non-hydrogen) atoms. The summed E-state index contributed by atoms with van der Waals surface area (Å²) in [5.41, 5.74) is 16.2. The Bertz CT molecular complexity index is 2700. The lowest BCUT2D eigenvalue weighted by molar-refractivity contribution is 0.443. The highest BCUT2D eigenvalue weighted by Gasteiger charge is 2.45. The van der Waals surface area contributed by atoms with Gasteiger partial charge in [0.25, 0.3) is 0 Å². The van der Waals surface area contributed by atoms with Crippen molar-refractivity contribution in [2.45, 2.75) is 76.0 Å². The van der Waals surface area contributed by atoms with Gasteiger partial charge in [0.1, 0.15) is 0 Å². The van der Waals surface area contributed by atoms with Crippen molar-refractivity contribution in [2.75, 3.05) is 9.80 Å². The molecule has 0 amide bonds. The molecule has 0 radical (unpaired) electrons. The minimum Gasteiger partial charge on any atom is -0.310 e. The van der Waals surface area contributed by atoms with Gasteiger partial charge in [-0.3, -0.25) is 0 Å². The molecule has 3 heteroatoms. The van der Waals surface area contributed by atoms with Crippen molar-refractivity contribution in [2.24, 2.45) is 0 Å². The van der Waals surface area contributed by atoms with Crippen molar-refractivity contribution in [1.29, 1.82) is 0 Å². The number of rotatable bonds is 7. The first-order chi connectivity index (χ1) is 28.1. The molecule has 280 valence electrons. The molecule has 0 saturated heterocycles. The molecule has 1 fully saturated rings. The summed E-state index contributed by atoms with van der Waals surface area (Å²) in [6.45, 7) is 2.34. The number of aryl methyl sites for hydroxylation is 3. The van der Waals surface area contributed by atoms with E-state index in [4.69, 9.17) is 0 Å². The first-order valence-corrected chi connectivity index (χ1v) is 21.9. The Balaban J connectivity index is 1.05. The van der Waals surface area contributed by atoms with E-state index in [9.17, 15) is 0 Å². The van der Waals surface area contributed by atoms with Gasteiger partial charge in [0.2, 0.25) is 0 Å². The number of thiophene rings is 1. The van der Waals surface area contributed by atoms with Crippen molar-refractivity contribution in [1.82, 2.24) is 0 Å². The number of benzene rings is 7. The van der Waals surface area contributed by atoms with Crippen LogP contribution in [-0.2, 0) is 18.3 Å². The molecule has 2 nitrogen and oxygen atoms in total. The average molecular weight is 757 g/mol. The van der Waals surface area contributed by atoms with E-state index in [0.717, 1.165) is 25.7 Å². The van der Waals surface area contributed by atoms with Gasteiger partial charge in [-0.15, -0.1) is 11.3 Å². The van der Waals surface area contributed by atoms with Crippen LogP contribution in [0.25, 0.3) is 20.2 Å². The van der Waals surface area contributed by atoms with Crippen molar-refractivity contribution in [3.05, 3.63) is 191 Å². The smallest absolute Gasteiger partial charge is 0.0498 e. The summed E-state index contributed by atoms with van der Waals surface area (Å²) < 4.78 is 2.71. The van der Waals surface area contributed by atoms with Crippen molar-refractivity contribution in [3.63, 3.8) is 0 Å². The lowest BCUT2D eigenvalue weighted by Crippen LogP contribution is -2.22. The Morgan fingerprint density at radius 2 is 1.07 bits per heavy atom. The maximum atomic E-state index is 2.58. The highest BCUT2D eigenvalue weighted by atomic mass is 32.1. The summed E-state index contributed by atoms with van der Waals surface area (Å²) >= 11 is 1.91. The molecule has 1 spiro atoms. The molecule has 3 aliphatic rings. The van der Waals surface area contributed by atoms with Crippen LogP contribution in [0.4, 0.5) is 34.1 Å². The predicted octanol–water partition coefficient (Wildman–Crippen LogP) is 15.5. The molecule has 8 aromatic rings. The van der Waals surface area contributed by atoms with Crippen LogP contribution in [0.2, 0.25) is 0 Å². The van der Waals surface area contributed by atoms with Crippen LogP contribution in [0.3, 0.4) is 0 Å². The standard InChI is InChI=1S/C54H48N2S/c1-37-50(29-30-52-53(37)47-19-11-12-20-51(47)57-52)56(44-25-21-39(22-26-44)38-13-5-2-6-14-38)46-28-24-41-32-34-54(49(41)36-46)33-31-40-23-27-45(35-48(40)54)55(42-15-7-3-8-16-42)43-17-9-4-10-18-43/h3-4,7-12,15-30,35-36,38H,2,5-6,13-14,31-34H2,1H3/t54-/m1/s1. The van der Waals surface area contributed by atoms with Crippen LogP contribution >= 0.6 is 11.3 Å². The number of fused-ring (bicyclic) bond motifs is 7. The topological polar surface area (TPSA) is 6.48 Å². The molecule has 0 N–H and O–H groups in total. The van der Waals surface area contributed by atoms with Gasteiger partial charge in [-0.05, 0) is 164 Å². The Morgan fingerprint density at radius 3 is 1.72 bits per heavy atom. The predicted molar refractivity (Wildman–Crippen MR) is 243 cm³/mol. The second-order valence-corrected chi connectivity index (χ2v) is 17.8. The van der Waals surface area contributed by atoms with E-state index in [1.165, 1.54) is 120 Å². The fraction of sp³-hybridized carbons (Fsp3) is 0.222. The molecule has 0 unspecified atom stereocenters. The van der Waals surface area contributed by atoms with Gasteiger partial charge in [-0.1, -0.05) is 98.1 Å². The highest BCUT2D eigenvalue weighted by Crippen LogP contribution is 2.55. The van der Waals surface area contributed by atoms with Crippen LogP contribution in [0, 0.1) is 6.92 Å². The molecule has 3 aliphatic carbocycles. The SMILES string of the molecule is Cc1c(N(c2ccc(C3CCCCC3)cc2)c2ccc3c(c2)[C@]2(CCc4ccc(N(c5ccccc5)c5ccccc5)cc42)CC3)ccc2sc3ccccc3c12. The summed E-state index contributed by atoms with van der Waals surface area (Å²) in [6, 6.07) is 59.8. The van der Waals surface area contributed by atoms with Crippen LogP contribution in [0.1, 0.15) is 84.2 Å². The Hall–Kier alpha value is -5.64. The van der Waals surface area contributed by atoms with E-state index in [0.29, 0.717) is 5.92 Å². The Labute approximate surface area is 341 Å². The minimum absolute atomic E-state index is 0.00516. The first kappa shape index (κ1) is 34.6. The second kappa shape index (κ2) is 14.1. The summed E-state index contributed by atoms with van der Waals surface area (Å²) in [6.07, 6.45) is 11.2. The van der Waals surface area contributed by atoms with E-state index in [2.05, 4.69) is 174 Å². The van der Waals surface area contributed by atoms with Gasteiger partial charge in [0.05, 0.1) is 0 Å². The number of para-hydroxylation sites is 2. The van der Waals surface area contributed by atoms with Crippen molar-refractivity contribution in [3.8, 4) is 0 Å². The van der Waals surface area contributed by atoms with Crippen LogP contribution < -0.4 is 9.80 Å². The lowest BCUT2D eigenvalue weighted by atomic mass is 9.76. The summed E-state index contributed by atoms with van der Waals surface area (Å²) in [4.78, 5) is 4.99. The van der Waals surface area contributed by atoms with Crippen LogP contribution in [0.5, 0.6) is 0 Å². The van der Waals surface area contributed by atoms with Gasteiger partial charge < -0.3 is 9.80 Å². The molecule has 11 rings (SSSR count). The average Bonchev–Trinajstić information content (AvgIpc) is 3.97. The van der Waals surface area contributed by atoms with Gasteiger partial charge in [-0.25, -0.2) is 0 Å². The van der Waals surface area contributed by atoms with E-state index in [1.807, 2.05) is 11.3 Å². The van der Waals surface area contributed by atoms with Crippen LogP contribution in [0.15, 0.2) is 158 Å². The molecule has 1 aromatic heterocycles. The fourth-order valence-corrected chi connectivity index (χ4v) is 12.0. The quantitative estimate of drug-likeness (QED) is 0.160. The summed E-state index contributed by atoms with van der Waals surface area (Å²) in [5, 5.41) is 2.74. The molecule has 7 aromatic carbocycles. The Morgan fingerprint density at radius 1 is 0.509 bits per heavy atom. The van der Waals surface area contributed by atoms with Gasteiger partial charge in [0, 0.05) is 59.7 Å². The largest absolute Gasteiger partial charge is 0.310 e. The van der Waals surface area contributed by atoms with Crippen LogP contribution in [-0.4, -0.2) is 0 Å². The zero-order valence-electron chi connectivity index (χ0n) is 32.8. The van der Waals surface area contributed by atoms with Crippen molar-refractivity contribution >= 4 is 65.6 Å². The zero-order chi connectivity index (χ0) is 37.9. The maximum absolute atomic E-state index is 2.58. The van der Waals surface area contributed by atoms with Gasteiger partial charge in [-0.2, -0.15) is 0 Å². The molecule has 1 atom stereocenters. The molecule has 1 saturated carbocycles. The summed E-state index contributed by atoms with van der Waals surface area (Å²) in [7, 11) is 0. The fourth-order valence-electron chi connectivity index (χ4n) is 10.8. The maximum Gasteiger partial charge on any atom is 0.0498 e. The molecular formula is C54H48N2S. The van der Waals surface area contributed by atoms with E-state index in [-0.39, 0.29) is 5.41 Å². The lowest BCUT2D eigenvalue weighted by Gasteiger charge is -2.32. The molecule has 0 aliphatic heterocycles. The monoisotopic (exact) mass is 756 g/mol. The second-order valence-electron chi connectivity index (χ2n) is 16.7. The van der Waals surface area contributed by atoms with Gasteiger partial charge >= 0.3 is 0 Å². The normalized spacial score (nSPS) is 17.6. The molecular weight excluding hydrogens is 709 g/mol. The Kier molecular flexibility index (Phi) is 8.54. The zero-order valence-corrected chi connectivity index (χ0v) is 33.6. The number of hydrogen-bond donors (Lipinski definition) is 0. The minimum atomic E-state index is -0.00516. The summed E-state index contributed by atoms with van der Waals surface area (Å²) in [5.74, 6) is 0.684. The number of anilines is 6. The number of hydrogen-bond acceptors (Lipinski definition) is 3. The number of nitrogens with zero attached hydrogens (tertiary/aromatic N) is 2. The van der Waals surface area contributed by atoms with Crippen molar-refractivity contribution < 1.29 is 0 Å². The highest BCUT2D eigenvalue weighted by molar-refractivity contribution is 7.25. The molecule has 0 bridgehead atoms. The van der Waals surface area contributed by atoms with E-state index in [1.54, 1.807) is 0 Å². The van der Waals surface area contributed by atoms with E-state index >= 15 is 0 Å². The third-order valence-electron chi connectivity index (χ3n) is 13.6. The van der Waals surface area contributed by atoms with Gasteiger partial charge in [0.15, 0.2) is 0 Å². The van der Waals surface area contributed by atoms with E-state index < -0.39 is 0 Å².